The van der Waals surface area contributed by atoms with Crippen molar-refractivity contribution >= 4 is 17.8 Å². The highest BCUT2D eigenvalue weighted by Crippen LogP contribution is 2.04. The number of imide groups is 1. The Morgan fingerprint density at radius 2 is 1.52 bits per heavy atom. The minimum atomic E-state index is -0.502. The molecule has 2 heterocycles. The number of carbonyl (C=O) groups is 3. The van der Waals surface area contributed by atoms with Crippen LogP contribution >= 0.6 is 0 Å². The zero-order valence-corrected chi connectivity index (χ0v) is 16.6. The van der Waals surface area contributed by atoms with Gasteiger partial charge in [0.1, 0.15) is 0 Å². The Balaban J connectivity index is 1.31. The van der Waals surface area contributed by atoms with Crippen molar-refractivity contribution in [3.8, 4) is 0 Å². The third kappa shape index (κ3) is 7.12. The first-order chi connectivity index (χ1) is 14.1. The molecule has 2 aliphatic rings. The highest BCUT2D eigenvalue weighted by atomic mass is 16.5. The molecule has 3 rings (SSSR count). The fourth-order valence-corrected chi connectivity index (χ4v) is 3.40. The second kappa shape index (κ2) is 10.9. The zero-order chi connectivity index (χ0) is 20.5. The lowest BCUT2D eigenvalue weighted by molar-refractivity contribution is -0.135. The largest absolute Gasteiger partial charge is 0.379 e. The molecule has 0 saturated carbocycles. The van der Waals surface area contributed by atoms with E-state index in [-0.39, 0.29) is 18.4 Å². The van der Waals surface area contributed by atoms with Crippen molar-refractivity contribution in [1.82, 2.24) is 25.3 Å². The summed E-state index contributed by atoms with van der Waals surface area (Å²) < 4.78 is 5.30. The van der Waals surface area contributed by atoms with Crippen LogP contribution in [-0.4, -0.2) is 98.1 Å². The maximum Gasteiger partial charge on any atom is 0.321 e. The zero-order valence-electron chi connectivity index (χ0n) is 16.6. The lowest BCUT2D eigenvalue weighted by Gasteiger charge is -2.36. The summed E-state index contributed by atoms with van der Waals surface area (Å²) >= 11 is 0. The van der Waals surface area contributed by atoms with E-state index in [1.165, 1.54) is 0 Å². The predicted octanol–water partition coefficient (Wildman–Crippen LogP) is -0.511. The van der Waals surface area contributed by atoms with E-state index in [2.05, 4.69) is 15.5 Å². The van der Waals surface area contributed by atoms with Crippen LogP contribution in [0.2, 0.25) is 0 Å². The molecule has 0 unspecified atom stereocenters. The Hall–Kier alpha value is -2.49. The summed E-state index contributed by atoms with van der Waals surface area (Å²) in [4.78, 5) is 42.3. The van der Waals surface area contributed by atoms with Crippen LogP contribution in [-0.2, 0) is 20.9 Å². The van der Waals surface area contributed by atoms with Gasteiger partial charge in [-0.25, -0.2) is 4.79 Å². The number of piperazine rings is 1. The van der Waals surface area contributed by atoms with Crippen molar-refractivity contribution in [3.05, 3.63) is 35.9 Å². The highest BCUT2D eigenvalue weighted by molar-refractivity contribution is 5.95. The topological polar surface area (TPSA) is 94.2 Å². The van der Waals surface area contributed by atoms with E-state index < -0.39 is 6.03 Å². The van der Waals surface area contributed by atoms with Gasteiger partial charge in [0, 0.05) is 45.8 Å². The molecule has 4 amide bonds. The number of hydrogen-bond acceptors (Lipinski definition) is 6. The second-order valence-electron chi connectivity index (χ2n) is 7.26. The van der Waals surface area contributed by atoms with Crippen LogP contribution in [0.15, 0.2) is 30.3 Å². The van der Waals surface area contributed by atoms with Gasteiger partial charge in [-0.2, -0.15) is 0 Å². The maximum absolute atomic E-state index is 12.4. The number of hydrogen-bond donors (Lipinski definition) is 2. The first-order valence-electron chi connectivity index (χ1n) is 10.0. The molecule has 1 aromatic carbocycles. The third-order valence-electron chi connectivity index (χ3n) is 5.10. The minimum absolute atomic E-state index is 0.122. The minimum Gasteiger partial charge on any atom is -0.379 e. The Morgan fingerprint density at radius 3 is 2.21 bits per heavy atom. The van der Waals surface area contributed by atoms with Gasteiger partial charge in [0.15, 0.2) is 0 Å². The quantitative estimate of drug-likeness (QED) is 0.665. The number of amides is 4. The van der Waals surface area contributed by atoms with Gasteiger partial charge in [0.2, 0.25) is 11.8 Å². The molecule has 0 spiro atoms. The summed E-state index contributed by atoms with van der Waals surface area (Å²) in [7, 11) is 0. The summed E-state index contributed by atoms with van der Waals surface area (Å²) in [5, 5.41) is 5.03. The number of morpholine rings is 1. The van der Waals surface area contributed by atoms with Gasteiger partial charge in [-0.15, -0.1) is 0 Å². The molecular formula is C20H29N5O4. The standard InChI is InChI=1S/C20H29N5O4/c26-18(22-20(28)21-14-17-4-2-1-3-5-17)15-23-6-8-25(9-7-23)19(27)16-24-10-12-29-13-11-24/h1-5H,6-16H2,(H2,21,22,26,28). The van der Waals surface area contributed by atoms with Crippen LogP contribution in [0.25, 0.3) is 0 Å². The van der Waals surface area contributed by atoms with E-state index in [0.29, 0.717) is 52.5 Å². The highest BCUT2D eigenvalue weighted by Gasteiger charge is 2.24. The maximum atomic E-state index is 12.4. The number of urea groups is 1. The number of nitrogens with one attached hydrogen (secondary N) is 2. The van der Waals surface area contributed by atoms with Gasteiger partial charge in [-0.1, -0.05) is 30.3 Å². The van der Waals surface area contributed by atoms with E-state index in [9.17, 15) is 14.4 Å². The van der Waals surface area contributed by atoms with Crippen molar-refractivity contribution in [3.63, 3.8) is 0 Å². The van der Waals surface area contributed by atoms with E-state index in [1.54, 1.807) is 0 Å². The van der Waals surface area contributed by atoms with Gasteiger partial charge in [0.05, 0.1) is 26.3 Å². The molecule has 2 saturated heterocycles. The molecule has 2 fully saturated rings. The Kier molecular flexibility index (Phi) is 7.97. The average Bonchev–Trinajstić information content (AvgIpc) is 2.74. The summed E-state index contributed by atoms with van der Waals surface area (Å²) in [5.74, 6) is -0.222. The molecule has 0 radical (unpaired) electrons. The number of benzene rings is 1. The van der Waals surface area contributed by atoms with Crippen molar-refractivity contribution in [2.24, 2.45) is 0 Å². The molecule has 158 valence electrons. The Morgan fingerprint density at radius 1 is 0.862 bits per heavy atom. The van der Waals surface area contributed by atoms with E-state index in [0.717, 1.165) is 18.7 Å². The van der Waals surface area contributed by atoms with Crippen LogP contribution in [0.4, 0.5) is 4.79 Å². The molecule has 0 atom stereocenters. The summed E-state index contributed by atoms with van der Waals surface area (Å²) in [6.45, 7) is 6.29. The third-order valence-corrected chi connectivity index (χ3v) is 5.10. The van der Waals surface area contributed by atoms with Crippen molar-refractivity contribution in [2.45, 2.75) is 6.54 Å². The molecule has 2 N–H and O–H groups in total. The SMILES string of the molecule is O=C(CN1CCN(C(=O)CN2CCOCC2)CC1)NC(=O)NCc1ccccc1. The van der Waals surface area contributed by atoms with Gasteiger partial charge in [-0.3, -0.25) is 24.7 Å². The molecule has 2 aliphatic heterocycles. The van der Waals surface area contributed by atoms with Crippen LogP contribution in [0.1, 0.15) is 5.56 Å². The summed E-state index contributed by atoms with van der Waals surface area (Å²) in [6.07, 6.45) is 0. The summed E-state index contributed by atoms with van der Waals surface area (Å²) in [6, 6.07) is 9.00. The second-order valence-corrected chi connectivity index (χ2v) is 7.26. The molecule has 1 aromatic rings. The van der Waals surface area contributed by atoms with E-state index in [1.807, 2.05) is 40.1 Å². The Bertz CT molecular complexity index is 685. The molecule has 29 heavy (non-hydrogen) atoms. The molecule has 9 nitrogen and oxygen atoms in total. The monoisotopic (exact) mass is 403 g/mol. The lowest BCUT2D eigenvalue weighted by Crippen LogP contribution is -2.54. The Labute approximate surface area is 171 Å². The first kappa shape index (κ1) is 21.2. The van der Waals surface area contributed by atoms with Crippen molar-refractivity contribution in [2.75, 3.05) is 65.6 Å². The lowest BCUT2D eigenvalue weighted by atomic mass is 10.2. The fourth-order valence-electron chi connectivity index (χ4n) is 3.40. The van der Waals surface area contributed by atoms with E-state index >= 15 is 0 Å². The molecule has 0 aliphatic carbocycles. The van der Waals surface area contributed by atoms with Crippen LogP contribution in [0.3, 0.4) is 0 Å². The van der Waals surface area contributed by atoms with Crippen LogP contribution in [0.5, 0.6) is 0 Å². The summed E-state index contributed by atoms with van der Waals surface area (Å²) in [5.41, 5.74) is 0.966. The predicted molar refractivity (Wildman–Crippen MR) is 107 cm³/mol. The van der Waals surface area contributed by atoms with Crippen molar-refractivity contribution in [1.29, 1.82) is 0 Å². The van der Waals surface area contributed by atoms with Crippen LogP contribution < -0.4 is 10.6 Å². The molecule has 9 heteroatoms. The van der Waals surface area contributed by atoms with Gasteiger partial charge in [0.25, 0.3) is 0 Å². The smallest absolute Gasteiger partial charge is 0.321 e. The number of rotatable bonds is 6. The van der Waals surface area contributed by atoms with E-state index in [4.69, 9.17) is 4.74 Å². The molecule has 0 aromatic heterocycles. The normalized spacial score (nSPS) is 18.3. The molecule has 0 bridgehead atoms. The van der Waals surface area contributed by atoms with Crippen molar-refractivity contribution < 1.29 is 19.1 Å². The van der Waals surface area contributed by atoms with Gasteiger partial charge >= 0.3 is 6.03 Å². The van der Waals surface area contributed by atoms with Crippen LogP contribution in [0, 0.1) is 0 Å². The fraction of sp³-hybridized carbons (Fsp3) is 0.550. The number of nitrogens with zero attached hydrogens (tertiary/aromatic N) is 3. The first-order valence-corrected chi connectivity index (χ1v) is 10.0. The average molecular weight is 403 g/mol. The van der Waals surface area contributed by atoms with Gasteiger partial charge < -0.3 is 15.0 Å². The van der Waals surface area contributed by atoms with Gasteiger partial charge in [-0.05, 0) is 5.56 Å². The molecular weight excluding hydrogens is 374 g/mol. The number of ether oxygens (including phenoxy) is 1. The number of carbonyl (C=O) groups excluding carboxylic acids is 3.